The number of benzene rings is 1. The van der Waals surface area contributed by atoms with E-state index in [0.29, 0.717) is 11.3 Å². The third-order valence-corrected chi connectivity index (χ3v) is 2.53. The molecule has 18 heavy (non-hydrogen) atoms. The fraction of sp³-hybridized carbons (Fsp3) is 0.231. The number of ether oxygens (including phenoxy) is 2. The molecule has 0 aliphatic carbocycles. The molecule has 0 aliphatic rings. The summed E-state index contributed by atoms with van der Waals surface area (Å²) in [5.74, 6) is 0.613. The quantitative estimate of drug-likeness (QED) is 0.800. The number of fused-ring (bicyclic) bond motifs is 1. The Balaban J connectivity index is 0.000000492. The summed E-state index contributed by atoms with van der Waals surface area (Å²) in [6.07, 6.45) is 2.49. The molecule has 5 heteroatoms. The largest absolute Gasteiger partial charge is 0.494 e. The molecule has 0 N–H and O–H groups in total. The van der Waals surface area contributed by atoms with Crippen LogP contribution in [0.25, 0.3) is 10.9 Å². The number of carbonyl (C=O) groups is 1. The third-order valence-electron chi connectivity index (χ3n) is 2.09. The molecule has 0 bridgehead atoms. The van der Waals surface area contributed by atoms with E-state index in [1.807, 2.05) is 6.07 Å². The Morgan fingerprint density at radius 1 is 1.22 bits per heavy atom. The van der Waals surface area contributed by atoms with Crippen molar-refractivity contribution in [3.8, 4) is 5.75 Å². The number of aldehydes is 1. The lowest BCUT2D eigenvalue weighted by atomic mass is 10.1. The van der Waals surface area contributed by atoms with Crippen molar-refractivity contribution in [1.82, 2.24) is 4.98 Å². The van der Waals surface area contributed by atoms with Crippen molar-refractivity contribution in [2.75, 3.05) is 21.3 Å². The molecule has 0 aliphatic heterocycles. The smallest absolute Gasteiger partial charge is 0.150 e. The van der Waals surface area contributed by atoms with Gasteiger partial charge in [-0.15, -0.1) is 0 Å². The molecule has 0 saturated heterocycles. The van der Waals surface area contributed by atoms with Crippen LogP contribution in [0.5, 0.6) is 5.75 Å². The van der Waals surface area contributed by atoms with Crippen molar-refractivity contribution in [3.05, 3.63) is 34.4 Å². The van der Waals surface area contributed by atoms with Crippen molar-refractivity contribution < 1.29 is 14.3 Å². The molecule has 4 nitrogen and oxygen atoms in total. The van der Waals surface area contributed by atoms with Gasteiger partial charge >= 0.3 is 0 Å². The van der Waals surface area contributed by atoms with Gasteiger partial charge in [0, 0.05) is 35.8 Å². The van der Waals surface area contributed by atoms with Gasteiger partial charge in [-0.2, -0.15) is 0 Å². The number of pyridine rings is 1. The van der Waals surface area contributed by atoms with Gasteiger partial charge in [0.1, 0.15) is 17.6 Å². The Morgan fingerprint density at radius 3 is 2.44 bits per heavy atom. The van der Waals surface area contributed by atoms with Gasteiger partial charge in [0.25, 0.3) is 0 Å². The van der Waals surface area contributed by atoms with Gasteiger partial charge in [-0.05, 0) is 34.1 Å². The predicted molar refractivity (Wildman–Crippen MR) is 74.3 cm³/mol. The first-order valence-electron chi connectivity index (χ1n) is 5.14. The van der Waals surface area contributed by atoms with E-state index in [4.69, 9.17) is 4.74 Å². The van der Waals surface area contributed by atoms with E-state index in [1.165, 1.54) is 0 Å². The van der Waals surface area contributed by atoms with E-state index in [2.05, 4.69) is 25.7 Å². The molecular formula is C13H14BrNO3. The Morgan fingerprint density at radius 2 is 1.89 bits per heavy atom. The van der Waals surface area contributed by atoms with Gasteiger partial charge in [-0.1, -0.05) is 0 Å². The van der Waals surface area contributed by atoms with E-state index in [9.17, 15) is 4.79 Å². The van der Waals surface area contributed by atoms with Crippen LogP contribution in [0.2, 0.25) is 0 Å². The Kier molecular flexibility index (Phi) is 5.74. The van der Waals surface area contributed by atoms with E-state index in [-0.39, 0.29) is 0 Å². The van der Waals surface area contributed by atoms with Crippen molar-refractivity contribution in [3.63, 3.8) is 0 Å². The molecule has 0 atom stereocenters. The van der Waals surface area contributed by atoms with Gasteiger partial charge in [0.2, 0.25) is 0 Å². The average molecular weight is 312 g/mol. The summed E-state index contributed by atoms with van der Waals surface area (Å²) in [4.78, 5) is 15.0. The summed E-state index contributed by atoms with van der Waals surface area (Å²) >= 11 is 3.33. The predicted octanol–water partition coefficient (Wildman–Crippen LogP) is 3.08. The maximum atomic E-state index is 10.7. The van der Waals surface area contributed by atoms with Crippen LogP contribution < -0.4 is 4.74 Å². The van der Waals surface area contributed by atoms with Crippen LogP contribution in [-0.4, -0.2) is 32.6 Å². The van der Waals surface area contributed by atoms with E-state index in [1.54, 1.807) is 39.7 Å². The molecule has 0 unspecified atom stereocenters. The van der Waals surface area contributed by atoms with Crippen molar-refractivity contribution >= 4 is 33.1 Å². The minimum absolute atomic E-state index is 0.583. The zero-order valence-electron chi connectivity index (χ0n) is 10.4. The number of halogens is 1. The zero-order valence-corrected chi connectivity index (χ0v) is 12.0. The lowest BCUT2D eigenvalue weighted by Crippen LogP contribution is -1.90. The summed E-state index contributed by atoms with van der Waals surface area (Å²) in [5.41, 5.74) is 1.34. The molecule has 0 saturated carbocycles. The molecule has 2 rings (SSSR count). The van der Waals surface area contributed by atoms with Gasteiger partial charge in [-0.25, -0.2) is 0 Å². The van der Waals surface area contributed by atoms with Crippen LogP contribution in [0.15, 0.2) is 28.9 Å². The summed E-state index contributed by atoms with van der Waals surface area (Å²) < 4.78 is 10.3. The highest BCUT2D eigenvalue weighted by molar-refractivity contribution is 9.10. The number of hydrogen-bond donors (Lipinski definition) is 0. The van der Waals surface area contributed by atoms with Gasteiger partial charge < -0.3 is 9.47 Å². The first kappa shape index (κ1) is 14.6. The third kappa shape index (κ3) is 3.51. The minimum Gasteiger partial charge on any atom is -0.494 e. The number of nitrogens with zero attached hydrogens (tertiary/aromatic N) is 1. The van der Waals surface area contributed by atoms with Crippen LogP contribution in [0.1, 0.15) is 10.4 Å². The summed E-state index contributed by atoms with van der Waals surface area (Å²) in [7, 11) is 4.81. The number of carbonyl (C=O) groups excluding carboxylic acids is 1. The first-order valence-corrected chi connectivity index (χ1v) is 5.94. The molecule has 0 spiro atoms. The highest BCUT2D eigenvalue weighted by Gasteiger charge is 2.05. The van der Waals surface area contributed by atoms with Gasteiger partial charge in [0.15, 0.2) is 0 Å². The second kappa shape index (κ2) is 7.08. The standard InChI is InChI=1S/C11H8BrNO2.C2H6O/c1-15-10-3-7(6-14)2-8-4-9(12)5-13-11(8)10;1-3-2/h2-6H,1H3;1-2H3. The highest BCUT2D eigenvalue weighted by atomic mass is 79.9. The van der Waals surface area contributed by atoms with Gasteiger partial charge in [0.05, 0.1) is 7.11 Å². The molecule has 0 amide bonds. The maximum Gasteiger partial charge on any atom is 0.150 e. The number of hydrogen-bond acceptors (Lipinski definition) is 4. The fourth-order valence-corrected chi connectivity index (χ4v) is 1.78. The normalized spacial score (nSPS) is 9.56. The van der Waals surface area contributed by atoms with Crippen LogP contribution in [0.4, 0.5) is 0 Å². The summed E-state index contributed by atoms with van der Waals surface area (Å²) in [6, 6.07) is 5.36. The molecule has 1 aromatic heterocycles. The zero-order chi connectivity index (χ0) is 13.5. The van der Waals surface area contributed by atoms with E-state index >= 15 is 0 Å². The lowest BCUT2D eigenvalue weighted by molar-refractivity contribution is 0.112. The average Bonchev–Trinajstić information content (AvgIpc) is 2.37. The number of methoxy groups -OCH3 is 2. The van der Waals surface area contributed by atoms with E-state index < -0.39 is 0 Å². The first-order chi connectivity index (χ1) is 8.65. The molecular weight excluding hydrogens is 298 g/mol. The fourth-order valence-electron chi connectivity index (χ4n) is 1.44. The van der Waals surface area contributed by atoms with Gasteiger partial charge in [-0.3, -0.25) is 9.78 Å². The SMILES string of the molecule is COC.COc1cc(C=O)cc2cc(Br)cnc12. The van der Waals surface area contributed by atoms with Crippen molar-refractivity contribution in [2.45, 2.75) is 0 Å². The molecule has 0 fully saturated rings. The monoisotopic (exact) mass is 311 g/mol. The number of aromatic nitrogens is 1. The number of rotatable bonds is 2. The Labute approximate surface area is 114 Å². The van der Waals surface area contributed by atoms with Crippen LogP contribution in [-0.2, 0) is 4.74 Å². The van der Waals surface area contributed by atoms with E-state index in [0.717, 1.165) is 21.7 Å². The second-order valence-corrected chi connectivity index (χ2v) is 4.39. The minimum atomic E-state index is 0.583. The molecule has 0 radical (unpaired) electrons. The maximum absolute atomic E-state index is 10.7. The van der Waals surface area contributed by atoms with Crippen molar-refractivity contribution in [2.24, 2.45) is 0 Å². The summed E-state index contributed by atoms with van der Waals surface area (Å²) in [5, 5.41) is 0.880. The Bertz CT molecular complexity index is 543. The molecule has 1 aromatic carbocycles. The highest BCUT2D eigenvalue weighted by Crippen LogP contribution is 2.26. The van der Waals surface area contributed by atoms with Crippen molar-refractivity contribution in [1.29, 1.82) is 0 Å². The molecule has 96 valence electrons. The molecule has 2 aromatic rings. The lowest BCUT2D eigenvalue weighted by Gasteiger charge is -2.05. The van der Waals surface area contributed by atoms with Crippen LogP contribution in [0.3, 0.4) is 0 Å². The van der Waals surface area contributed by atoms with Crippen LogP contribution in [0, 0.1) is 0 Å². The molecule has 1 heterocycles. The van der Waals surface area contributed by atoms with Crippen LogP contribution >= 0.6 is 15.9 Å². The second-order valence-electron chi connectivity index (χ2n) is 3.47. The Hall–Kier alpha value is -1.46. The topological polar surface area (TPSA) is 48.4 Å². The summed E-state index contributed by atoms with van der Waals surface area (Å²) in [6.45, 7) is 0.